The Morgan fingerprint density at radius 3 is 2.09 bits per heavy atom. The molecule has 0 atom stereocenters. The smallest absolute Gasteiger partial charge is 0.278 e. The fourth-order valence-corrected chi connectivity index (χ4v) is 4.17. The summed E-state index contributed by atoms with van der Waals surface area (Å²) in [5.41, 5.74) is 4.75. The van der Waals surface area contributed by atoms with Crippen LogP contribution in [0.5, 0.6) is 5.75 Å². The van der Waals surface area contributed by atoms with E-state index in [1.165, 1.54) is 4.90 Å². The monoisotopic (exact) mass is 454 g/mol. The van der Waals surface area contributed by atoms with Crippen molar-refractivity contribution in [2.75, 3.05) is 13.2 Å². The van der Waals surface area contributed by atoms with Crippen LogP contribution in [0.4, 0.5) is 0 Å². The lowest BCUT2D eigenvalue weighted by molar-refractivity contribution is -0.138. The van der Waals surface area contributed by atoms with E-state index in [2.05, 4.69) is 0 Å². The molecule has 0 saturated carbocycles. The van der Waals surface area contributed by atoms with Gasteiger partial charge in [-0.15, -0.1) is 0 Å². The molecule has 0 bridgehead atoms. The number of ether oxygens (including phenoxy) is 1. The average Bonchev–Trinajstić information content (AvgIpc) is 3.10. The van der Waals surface area contributed by atoms with Crippen molar-refractivity contribution in [3.05, 3.63) is 107 Å². The van der Waals surface area contributed by atoms with Crippen LogP contribution in [0.3, 0.4) is 0 Å². The number of rotatable bonds is 9. The van der Waals surface area contributed by atoms with Crippen LogP contribution >= 0.6 is 0 Å². The van der Waals surface area contributed by atoms with Crippen LogP contribution in [0.15, 0.2) is 84.6 Å². The van der Waals surface area contributed by atoms with Crippen LogP contribution in [0.25, 0.3) is 5.57 Å². The van der Waals surface area contributed by atoms with Crippen molar-refractivity contribution in [2.24, 2.45) is 0 Å². The molecular formula is C29H30N2O3. The molecule has 5 nitrogen and oxygen atoms in total. The van der Waals surface area contributed by atoms with E-state index in [4.69, 9.17) is 4.74 Å². The molecule has 5 heteroatoms. The molecule has 2 amide bonds. The number of carbonyl (C=O) groups is 2. The van der Waals surface area contributed by atoms with E-state index in [0.717, 1.165) is 28.0 Å². The van der Waals surface area contributed by atoms with Gasteiger partial charge in [0.2, 0.25) is 0 Å². The first-order valence-corrected chi connectivity index (χ1v) is 11.7. The number of hydrogen-bond acceptors (Lipinski definition) is 4. The van der Waals surface area contributed by atoms with Crippen molar-refractivity contribution >= 4 is 17.4 Å². The van der Waals surface area contributed by atoms with Gasteiger partial charge in [0.1, 0.15) is 11.4 Å². The van der Waals surface area contributed by atoms with E-state index in [1.54, 1.807) is 0 Å². The van der Waals surface area contributed by atoms with Gasteiger partial charge in [0.15, 0.2) is 0 Å². The number of hydrogen-bond donors (Lipinski definition) is 0. The predicted molar refractivity (Wildman–Crippen MR) is 134 cm³/mol. The molecule has 34 heavy (non-hydrogen) atoms. The topological polar surface area (TPSA) is 49.9 Å². The van der Waals surface area contributed by atoms with Gasteiger partial charge in [-0.25, -0.2) is 0 Å². The summed E-state index contributed by atoms with van der Waals surface area (Å²) >= 11 is 0. The third kappa shape index (κ3) is 4.88. The molecule has 0 saturated heterocycles. The van der Waals surface area contributed by atoms with Crippen LogP contribution in [-0.2, 0) is 22.7 Å². The highest BCUT2D eigenvalue weighted by atomic mass is 16.5. The maximum absolute atomic E-state index is 13.7. The van der Waals surface area contributed by atoms with Crippen LogP contribution in [-0.4, -0.2) is 34.8 Å². The summed E-state index contributed by atoms with van der Waals surface area (Å²) in [6.45, 7) is 7.90. The second-order valence-electron chi connectivity index (χ2n) is 8.36. The summed E-state index contributed by atoms with van der Waals surface area (Å²) in [4.78, 5) is 30.7. The van der Waals surface area contributed by atoms with E-state index in [9.17, 15) is 9.59 Å². The van der Waals surface area contributed by atoms with Gasteiger partial charge >= 0.3 is 0 Å². The van der Waals surface area contributed by atoms with Crippen LogP contribution in [0, 0.1) is 6.92 Å². The first kappa shape index (κ1) is 23.3. The second-order valence-corrected chi connectivity index (χ2v) is 8.36. The highest BCUT2D eigenvalue weighted by molar-refractivity contribution is 6.35. The summed E-state index contributed by atoms with van der Waals surface area (Å²) in [5.74, 6) is 0.210. The molecule has 1 aliphatic heterocycles. The predicted octanol–water partition coefficient (Wildman–Crippen LogP) is 5.20. The lowest BCUT2D eigenvalue weighted by atomic mass is 10.0. The molecule has 1 aliphatic rings. The number of nitrogens with zero attached hydrogens (tertiary/aromatic N) is 2. The van der Waals surface area contributed by atoms with E-state index < -0.39 is 0 Å². The maximum atomic E-state index is 13.7. The fraction of sp³-hybridized carbons (Fsp3) is 0.241. The Labute approximate surface area is 201 Å². The molecule has 174 valence electrons. The molecule has 0 N–H and O–H groups in total. The SMILES string of the molecule is CCOc1ccc(C2=C(N(CC)Cc3ccccc3)C(=O)N(Cc3ccc(C)cc3)C2=O)cc1. The molecule has 0 aliphatic carbocycles. The largest absolute Gasteiger partial charge is 0.494 e. The van der Waals surface area contributed by atoms with Crippen LogP contribution in [0.2, 0.25) is 0 Å². The summed E-state index contributed by atoms with van der Waals surface area (Å²) in [6.07, 6.45) is 0. The number of imide groups is 1. The van der Waals surface area contributed by atoms with Gasteiger partial charge in [-0.2, -0.15) is 0 Å². The minimum Gasteiger partial charge on any atom is -0.494 e. The van der Waals surface area contributed by atoms with E-state index in [0.29, 0.717) is 31.0 Å². The van der Waals surface area contributed by atoms with E-state index in [-0.39, 0.29) is 18.4 Å². The number of aryl methyl sites for hydroxylation is 1. The zero-order chi connectivity index (χ0) is 24.1. The lowest BCUT2D eigenvalue weighted by Gasteiger charge is -2.25. The molecule has 0 unspecified atom stereocenters. The fourth-order valence-electron chi connectivity index (χ4n) is 4.17. The molecule has 3 aromatic rings. The average molecular weight is 455 g/mol. The summed E-state index contributed by atoms with van der Waals surface area (Å²) in [6, 6.07) is 25.3. The minimum absolute atomic E-state index is 0.241. The number of likely N-dealkylation sites (N-methyl/N-ethyl adjacent to an activating group) is 1. The second kappa shape index (κ2) is 10.4. The molecule has 3 aromatic carbocycles. The van der Waals surface area contributed by atoms with Gasteiger partial charge < -0.3 is 9.64 Å². The third-order valence-electron chi connectivity index (χ3n) is 5.97. The molecular weight excluding hydrogens is 424 g/mol. The highest BCUT2D eigenvalue weighted by Crippen LogP contribution is 2.34. The molecule has 1 heterocycles. The van der Waals surface area contributed by atoms with Crippen molar-refractivity contribution in [1.82, 2.24) is 9.80 Å². The van der Waals surface area contributed by atoms with Crippen LogP contribution in [0.1, 0.15) is 36.1 Å². The first-order valence-electron chi connectivity index (χ1n) is 11.7. The lowest BCUT2D eigenvalue weighted by Crippen LogP contribution is -2.34. The van der Waals surface area contributed by atoms with E-state index in [1.807, 2.05) is 105 Å². The van der Waals surface area contributed by atoms with Gasteiger partial charge in [-0.05, 0) is 49.6 Å². The van der Waals surface area contributed by atoms with E-state index >= 15 is 0 Å². The minimum atomic E-state index is -0.267. The van der Waals surface area contributed by atoms with Gasteiger partial charge in [0.05, 0.1) is 18.7 Å². The Morgan fingerprint density at radius 1 is 0.794 bits per heavy atom. The molecule has 0 fully saturated rings. The van der Waals surface area contributed by atoms with Crippen molar-refractivity contribution in [2.45, 2.75) is 33.9 Å². The van der Waals surface area contributed by atoms with Gasteiger partial charge in [0, 0.05) is 13.1 Å². The quantitative estimate of drug-likeness (QED) is 0.417. The Bertz CT molecular complexity index is 1180. The Morgan fingerprint density at radius 2 is 1.47 bits per heavy atom. The maximum Gasteiger partial charge on any atom is 0.278 e. The zero-order valence-electron chi connectivity index (χ0n) is 20.0. The van der Waals surface area contributed by atoms with Crippen molar-refractivity contribution in [3.8, 4) is 5.75 Å². The molecule has 0 aromatic heterocycles. The normalized spacial score (nSPS) is 13.6. The van der Waals surface area contributed by atoms with Gasteiger partial charge in [0.25, 0.3) is 11.8 Å². The Balaban J connectivity index is 1.74. The molecule has 0 radical (unpaired) electrons. The van der Waals surface area contributed by atoms with Crippen LogP contribution < -0.4 is 4.74 Å². The first-order chi connectivity index (χ1) is 16.5. The standard InChI is InChI=1S/C29H30N2O3/c1-4-30(19-22-9-7-6-8-10-22)27-26(24-15-17-25(18-16-24)34-5-2)28(32)31(29(27)33)20-23-13-11-21(3)12-14-23/h6-18H,4-5,19-20H2,1-3H3. The number of carbonyl (C=O) groups excluding carboxylic acids is 2. The molecule has 4 rings (SSSR count). The van der Waals surface area contributed by atoms with Crippen molar-refractivity contribution < 1.29 is 14.3 Å². The van der Waals surface area contributed by atoms with Crippen molar-refractivity contribution in [1.29, 1.82) is 0 Å². The third-order valence-corrected chi connectivity index (χ3v) is 5.97. The van der Waals surface area contributed by atoms with Gasteiger partial charge in [-0.1, -0.05) is 72.3 Å². The molecule has 0 spiro atoms. The number of amides is 2. The Hall–Kier alpha value is -3.86. The highest BCUT2D eigenvalue weighted by Gasteiger charge is 2.41. The zero-order valence-corrected chi connectivity index (χ0v) is 20.0. The summed E-state index contributed by atoms with van der Waals surface area (Å²) in [5, 5.41) is 0. The summed E-state index contributed by atoms with van der Waals surface area (Å²) < 4.78 is 5.57. The van der Waals surface area contributed by atoms with Crippen molar-refractivity contribution in [3.63, 3.8) is 0 Å². The van der Waals surface area contributed by atoms with Gasteiger partial charge in [-0.3, -0.25) is 14.5 Å². The number of benzene rings is 3. The Kier molecular flexibility index (Phi) is 7.12. The summed E-state index contributed by atoms with van der Waals surface area (Å²) in [7, 11) is 0.